The summed E-state index contributed by atoms with van der Waals surface area (Å²) in [6, 6.07) is 4.80. The highest BCUT2D eigenvalue weighted by atomic mass is 35.5. The zero-order chi connectivity index (χ0) is 21.4. The van der Waals surface area contributed by atoms with Gasteiger partial charge in [0.15, 0.2) is 0 Å². The Balaban J connectivity index is 1.57. The lowest BCUT2D eigenvalue weighted by atomic mass is 10.0. The van der Waals surface area contributed by atoms with Gasteiger partial charge in [0.25, 0.3) is 0 Å². The lowest BCUT2D eigenvalue weighted by Crippen LogP contribution is -2.47. The molecule has 9 heteroatoms. The van der Waals surface area contributed by atoms with Crippen LogP contribution in [0, 0.1) is 6.92 Å². The summed E-state index contributed by atoms with van der Waals surface area (Å²) in [6.45, 7) is 8.60. The third kappa shape index (κ3) is 4.48. The number of ether oxygens (including phenoxy) is 1. The molecule has 2 aromatic rings. The smallest absolute Gasteiger partial charge is 0.322 e. The number of fused-ring (bicyclic) bond motifs is 1. The van der Waals surface area contributed by atoms with Crippen LogP contribution in [0.25, 0.3) is 0 Å². The number of carbonyl (C=O) groups is 1. The molecule has 3 heterocycles. The normalized spacial score (nSPS) is 21.4. The minimum absolute atomic E-state index is 0.120. The standard InChI is InChI=1S/C21H25Cl2N5O2/c1-12-9-28(10-13(2)30-12)20-16-11-27(7-6-18(16)24-14(3)25-20)21(29)26-19-5-4-15(22)8-17(19)23/h4-5,8,12-13H,6-7,9-11H2,1-3H3,(H,26,29). The number of carbonyl (C=O) groups excluding carboxylic acids is 1. The first kappa shape index (κ1) is 21.2. The Hall–Kier alpha value is -2.09. The lowest BCUT2D eigenvalue weighted by molar-refractivity contribution is -0.00557. The van der Waals surface area contributed by atoms with Gasteiger partial charge in [0.1, 0.15) is 11.6 Å². The molecule has 1 fully saturated rings. The summed E-state index contributed by atoms with van der Waals surface area (Å²) in [5.74, 6) is 1.66. The molecule has 2 atom stereocenters. The molecule has 2 aliphatic rings. The third-order valence-corrected chi connectivity index (χ3v) is 5.88. The van der Waals surface area contributed by atoms with Crippen LogP contribution in [0.1, 0.15) is 30.9 Å². The minimum Gasteiger partial charge on any atom is -0.372 e. The van der Waals surface area contributed by atoms with E-state index in [4.69, 9.17) is 32.9 Å². The molecule has 2 aliphatic heterocycles. The molecule has 2 unspecified atom stereocenters. The second-order valence-electron chi connectivity index (χ2n) is 7.91. The first-order valence-electron chi connectivity index (χ1n) is 10.1. The van der Waals surface area contributed by atoms with Crippen LogP contribution >= 0.6 is 23.2 Å². The fourth-order valence-electron chi connectivity index (χ4n) is 4.09. The number of anilines is 2. The number of urea groups is 1. The Kier molecular flexibility index (Phi) is 6.04. The maximum absolute atomic E-state index is 12.9. The molecule has 1 saturated heterocycles. The Morgan fingerprint density at radius 2 is 1.93 bits per heavy atom. The molecule has 4 rings (SSSR count). The number of nitrogens with zero attached hydrogens (tertiary/aromatic N) is 4. The van der Waals surface area contributed by atoms with Crippen molar-refractivity contribution in [2.75, 3.05) is 29.9 Å². The van der Waals surface area contributed by atoms with E-state index in [1.54, 1.807) is 23.1 Å². The largest absolute Gasteiger partial charge is 0.372 e. The maximum atomic E-state index is 12.9. The van der Waals surface area contributed by atoms with Gasteiger partial charge in [-0.2, -0.15) is 0 Å². The number of halogens is 2. The van der Waals surface area contributed by atoms with Gasteiger partial charge in [0, 0.05) is 36.6 Å². The van der Waals surface area contributed by atoms with Crippen LogP contribution in [0.2, 0.25) is 10.0 Å². The van der Waals surface area contributed by atoms with Crippen LogP contribution in [0.3, 0.4) is 0 Å². The van der Waals surface area contributed by atoms with Crippen molar-refractivity contribution in [2.45, 2.75) is 45.9 Å². The van der Waals surface area contributed by atoms with E-state index in [-0.39, 0.29) is 18.2 Å². The third-order valence-electron chi connectivity index (χ3n) is 5.33. The Bertz CT molecular complexity index is 961. The number of nitrogens with one attached hydrogen (secondary N) is 1. The van der Waals surface area contributed by atoms with Crippen LogP contribution < -0.4 is 10.2 Å². The van der Waals surface area contributed by atoms with Gasteiger partial charge < -0.3 is 19.9 Å². The summed E-state index contributed by atoms with van der Waals surface area (Å²) in [5, 5.41) is 3.82. The quantitative estimate of drug-likeness (QED) is 0.739. The average Bonchev–Trinajstić information content (AvgIpc) is 2.68. The second kappa shape index (κ2) is 8.57. The van der Waals surface area contributed by atoms with Crippen LogP contribution in [-0.2, 0) is 17.7 Å². The van der Waals surface area contributed by atoms with E-state index >= 15 is 0 Å². The summed E-state index contributed by atoms with van der Waals surface area (Å²) < 4.78 is 5.88. The lowest BCUT2D eigenvalue weighted by Gasteiger charge is -2.38. The van der Waals surface area contributed by atoms with E-state index in [2.05, 4.69) is 29.0 Å². The number of amides is 2. The van der Waals surface area contributed by atoms with Gasteiger partial charge in [-0.1, -0.05) is 23.2 Å². The molecule has 0 saturated carbocycles. The van der Waals surface area contributed by atoms with Crippen LogP contribution in [-0.4, -0.2) is 52.7 Å². The van der Waals surface area contributed by atoms with E-state index in [1.807, 2.05) is 6.92 Å². The molecule has 30 heavy (non-hydrogen) atoms. The summed E-state index contributed by atoms with van der Waals surface area (Å²) >= 11 is 12.2. The number of rotatable bonds is 2. The zero-order valence-electron chi connectivity index (χ0n) is 17.3. The van der Waals surface area contributed by atoms with Gasteiger partial charge in [-0.15, -0.1) is 0 Å². The second-order valence-corrected chi connectivity index (χ2v) is 8.75. The molecule has 2 amide bonds. The highest BCUT2D eigenvalue weighted by molar-refractivity contribution is 6.36. The molecule has 1 aromatic heterocycles. The first-order chi connectivity index (χ1) is 14.3. The average molecular weight is 450 g/mol. The zero-order valence-corrected chi connectivity index (χ0v) is 18.8. The van der Waals surface area contributed by atoms with Crippen molar-refractivity contribution in [1.29, 1.82) is 0 Å². The van der Waals surface area contributed by atoms with Gasteiger partial charge in [0.2, 0.25) is 0 Å². The predicted molar refractivity (Wildman–Crippen MR) is 119 cm³/mol. The van der Waals surface area contributed by atoms with E-state index in [1.165, 1.54) is 0 Å². The first-order valence-corrected chi connectivity index (χ1v) is 10.8. The molecule has 0 aliphatic carbocycles. The Morgan fingerprint density at radius 3 is 2.63 bits per heavy atom. The molecular formula is C21H25Cl2N5O2. The van der Waals surface area contributed by atoms with Crippen molar-refractivity contribution in [3.63, 3.8) is 0 Å². The number of aromatic nitrogens is 2. The maximum Gasteiger partial charge on any atom is 0.322 e. The molecule has 1 N–H and O–H groups in total. The predicted octanol–water partition coefficient (Wildman–Crippen LogP) is 4.30. The van der Waals surface area contributed by atoms with Crippen LogP contribution in [0.4, 0.5) is 16.3 Å². The number of morpholine rings is 1. The minimum atomic E-state index is -0.208. The molecule has 1 aromatic carbocycles. The number of benzene rings is 1. The number of aryl methyl sites for hydroxylation is 1. The Morgan fingerprint density at radius 1 is 1.20 bits per heavy atom. The van der Waals surface area contributed by atoms with Gasteiger partial charge >= 0.3 is 6.03 Å². The van der Waals surface area contributed by atoms with E-state index < -0.39 is 0 Å². The molecular weight excluding hydrogens is 425 g/mol. The summed E-state index contributed by atoms with van der Waals surface area (Å²) in [7, 11) is 0. The van der Waals surface area contributed by atoms with Crippen LogP contribution in [0.15, 0.2) is 18.2 Å². The van der Waals surface area contributed by atoms with Crippen molar-refractivity contribution >= 4 is 40.7 Å². The highest BCUT2D eigenvalue weighted by Gasteiger charge is 2.30. The van der Waals surface area contributed by atoms with E-state index in [0.717, 1.165) is 36.0 Å². The van der Waals surface area contributed by atoms with E-state index in [0.29, 0.717) is 35.2 Å². The van der Waals surface area contributed by atoms with Gasteiger partial charge in [-0.3, -0.25) is 0 Å². The topological polar surface area (TPSA) is 70.6 Å². The fourth-order valence-corrected chi connectivity index (χ4v) is 4.54. The number of hydrogen-bond acceptors (Lipinski definition) is 5. The van der Waals surface area contributed by atoms with Gasteiger partial charge in [-0.05, 0) is 39.0 Å². The molecule has 7 nitrogen and oxygen atoms in total. The van der Waals surface area contributed by atoms with Crippen molar-refractivity contribution in [2.24, 2.45) is 0 Å². The molecule has 160 valence electrons. The van der Waals surface area contributed by atoms with Gasteiger partial charge in [0.05, 0.1) is 35.2 Å². The summed E-state index contributed by atoms with van der Waals surface area (Å²) in [6.07, 6.45) is 0.924. The van der Waals surface area contributed by atoms with Crippen molar-refractivity contribution in [3.05, 3.63) is 45.3 Å². The van der Waals surface area contributed by atoms with Crippen molar-refractivity contribution in [3.8, 4) is 0 Å². The highest BCUT2D eigenvalue weighted by Crippen LogP contribution is 2.30. The SMILES string of the molecule is Cc1nc2c(c(N3CC(C)OC(C)C3)n1)CN(C(=O)Nc1ccc(Cl)cc1Cl)CC2. The fraction of sp³-hybridized carbons (Fsp3) is 0.476. The van der Waals surface area contributed by atoms with Crippen LogP contribution in [0.5, 0.6) is 0 Å². The summed E-state index contributed by atoms with van der Waals surface area (Å²) in [5.41, 5.74) is 2.55. The number of hydrogen-bond donors (Lipinski definition) is 1. The summed E-state index contributed by atoms with van der Waals surface area (Å²) in [4.78, 5) is 26.3. The molecule has 0 radical (unpaired) electrons. The monoisotopic (exact) mass is 449 g/mol. The van der Waals surface area contributed by atoms with Crippen molar-refractivity contribution in [1.82, 2.24) is 14.9 Å². The molecule has 0 spiro atoms. The Labute approximate surface area is 186 Å². The van der Waals surface area contributed by atoms with Gasteiger partial charge in [-0.25, -0.2) is 14.8 Å². The van der Waals surface area contributed by atoms with Crippen molar-refractivity contribution < 1.29 is 9.53 Å². The molecule has 0 bridgehead atoms. The van der Waals surface area contributed by atoms with E-state index in [9.17, 15) is 4.79 Å².